The van der Waals surface area contributed by atoms with Crippen LogP contribution in [0, 0.1) is 0 Å². The number of aryl methyl sites for hydroxylation is 1. The van der Waals surface area contributed by atoms with E-state index in [-0.39, 0.29) is 0 Å². The van der Waals surface area contributed by atoms with E-state index in [9.17, 15) is 0 Å². The molecule has 0 bridgehead atoms. The monoisotopic (exact) mass is 245 g/mol. The second kappa shape index (κ2) is 3.85. The first-order valence-electron chi connectivity index (χ1n) is 5.19. The molecule has 2 heterocycles. The van der Waals surface area contributed by atoms with Crippen molar-refractivity contribution in [3.63, 3.8) is 0 Å². The molecule has 0 radical (unpaired) electrons. The van der Waals surface area contributed by atoms with Crippen molar-refractivity contribution in [2.75, 3.05) is 7.11 Å². The summed E-state index contributed by atoms with van der Waals surface area (Å²) in [5.41, 5.74) is 3.18. The molecule has 1 aromatic carbocycles. The standard InChI is InChI=1S/C12H11N3OS/c1-15-7-13-9-5-8(3-4-10(9)15)12-14-11(16-2)6-17-12/h3-7H,1-2H3. The molecule has 3 rings (SSSR count). The molecule has 0 saturated carbocycles. The molecule has 2 aromatic heterocycles. The Balaban J connectivity index is 2.11. The fraction of sp³-hybridized carbons (Fsp3) is 0.167. The van der Waals surface area contributed by atoms with E-state index in [1.54, 1.807) is 18.4 Å². The number of imidazole rings is 1. The van der Waals surface area contributed by atoms with Crippen LogP contribution in [0.4, 0.5) is 0 Å². The number of methoxy groups -OCH3 is 1. The topological polar surface area (TPSA) is 39.9 Å². The second-order valence-corrected chi connectivity index (χ2v) is 4.61. The fourth-order valence-corrected chi connectivity index (χ4v) is 2.52. The Hall–Kier alpha value is -1.88. The lowest BCUT2D eigenvalue weighted by Gasteiger charge is -1.97. The van der Waals surface area contributed by atoms with Crippen molar-refractivity contribution < 1.29 is 4.74 Å². The number of thiazole rings is 1. The maximum atomic E-state index is 5.09. The molecule has 0 aliphatic rings. The van der Waals surface area contributed by atoms with Gasteiger partial charge < -0.3 is 9.30 Å². The molecule has 0 atom stereocenters. The van der Waals surface area contributed by atoms with Crippen LogP contribution in [0.3, 0.4) is 0 Å². The van der Waals surface area contributed by atoms with Crippen molar-refractivity contribution in [3.8, 4) is 16.5 Å². The van der Waals surface area contributed by atoms with Crippen molar-refractivity contribution in [2.45, 2.75) is 0 Å². The van der Waals surface area contributed by atoms with Crippen LogP contribution in [0.1, 0.15) is 0 Å². The van der Waals surface area contributed by atoms with Gasteiger partial charge in [-0.1, -0.05) is 0 Å². The minimum Gasteiger partial charge on any atom is -0.480 e. The van der Waals surface area contributed by atoms with Crippen LogP contribution in [0.2, 0.25) is 0 Å². The van der Waals surface area contributed by atoms with Crippen LogP contribution < -0.4 is 4.74 Å². The number of aromatic nitrogens is 3. The quantitative estimate of drug-likeness (QED) is 0.697. The van der Waals surface area contributed by atoms with E-state index in [0.717, 1.165) is 21.6 Å². The molecule has 17 heavy (non-hydrogen) atoms. The van der Waals surface area contributed by atoms with Gasteiger partial charge in [0.1, 0.15) is 5.01 Å². The Kier molecular flexibility index (Phi) is 2.33. The zero-order valence-corrected chi connectivity index (χ0v) is 10.4. The van der Waals surface area contributed by atoms with Gasteiger partial charge in [-0.3, -0.25) is 0 Å². The number of benzene rings is 1. The number of ether oxygens (including phenoxy) is 1. The molecule has 0 spiro atoms. The van der Waals surface area contributed by atoms with Gasteiger partial charge in [0.25, 0.3) is 0 Å². The molecule has 4 nitrogen and oxygen atoms in total. The zero-order valence-electron chi connectivity index (χ0n) is 9.54. The number of fused-ring (bicyclic) bond motifs is 1. The van der Waals surface area contributed by atoms with Gasteiger partial charge in [-0.2, -0.15) is 0 Å². The van der Waals surface area contributed by atoms with Gasteiger partial charge >= 0.3 is 0 Å². The Morgan fingerprint density at radius 1 is 1.35 bits per heavy atom. The third-order valence-corrected chi connectivity index (χ3v) is 3.53. The van der Waals surface area contributed by atoms with Gasteiger partial charge in [0.05, 0.1) is 29.9 Å². The number of rotatable bonds is 2. The highest BCUT2D eigenvalue weighted by Crippen LogP contribution is 2.28. The molecule has 0 saturated heterocycles. The van der Waals surface area contributed by atoms with Crippen molar-refractivity contribution in [3.05, 3.63) is 29.9 Å². The summed E-state index contributed by atoms with van der Waals surface area (Å²) >= 11 is 1.57. The molecular weight excluding hydrogens is 234 g/mol. The molecule has 3 aromatic rings. The average molecular weight is 245 g/mol. The highest BCUT2D eigenvalue weighted by Gasteiger charge is 2.07. The van der Waals surface area contributed by atoms with Crippen molar-refractivity contribution >= 4 is 22.4 Å². The zero-order chi connectivity index (χ0) is 11.8. The van der Waals surface area contributed by atoms with Gasteiger partial charge in [0.2, 0.25) is 5.88 Å². The van der Waals surface area contributed by atoms with E-state index in [1.807, 2.05) is 29.4 Å². The third-order valence-electron chi connectivity index (χ3n) is 2.66. The van der Waals surface area contributed by atoms with E-state index in [1.165, 1.54) is 0 Å². The van der Waals surface area contributed by atoms with Gasteiger partial charge in [-0.05, 0) is 18.2 Å². The molecule has 0 aliphatic heterocycles. The summed E-state index contributed by atoms with van der Waals surface area (Å²) in [5.74, 6) is 0.658. The maximum Gasteiger partial charge on any atom is 0.224 e. The lowest BCUT2D eigenvalue weighted by Crippen LogP contribution is -1.84. The summed E-state index contributed by atoms with van der Waals surface area (Å²) < 4.78 is 7.09. The summed E-state index contributed by atoms with van der Waals surface area (Å²) in [7, 11) is 3.61. The molecule has 0 aliphatic carbocycles. The average Bonchev–Trinajstić information content (AvgIpc) is 2.96. The summed E-state index contributed by atoms with van der Waals surface area (Å²) in [5, 5.41) is 2.85. The van der Waals surface area contributed by atoms with Gasteiger partial charge in [0, 0.05) is 12.6 Å². The van der Waals surface area contributed by atoms with Crippen LogP contribution in [0.25, 0.3) is 21.6 Å². The van der Waals surface area contributed by atoms with Crippen LogP contribution in [0.15, 0.2) is 29.9 Å². The van der Waals surface area contributed by atoms with Crippen LogP contribution in [-0.2, 0) is 7.05 Å². The third kappa shape index (κ3) is 1.68. The van der Waals surface area contributed by atoms with Crippen LogP contribution in [0.5, 0.6) is 5.88 Å². The molecule has 86 valence electrons. The van der Waals surface area contributed by atoms with E-state index >= 15 is 0 Å². The summed E-state index contributed by atoms with van der Waals surface area (Å²) in [6.45, 7) is 0. The second-order valence-electron chi connectivity index (χ2n) is 3.75. The first-order valence-corrected chi connectivity index (χ1v) is 6.07. The lowest BCUT2D eigenvalue weighted by molar-refractivity contribution is 0.401. The predicted molar refractivity (Wildman–Crippen MR) is 68.4 cm³/mol. The Labute approximate surface area is 103 Å². The van der Waals surface area contributed by atoms with E-state index in [2.05, 4.69) is 22.1 Å². The normalized spacial score (nSPS) is 10.9. The molecule has 0 unspecified atom stereocenters. The van der Waals surface area contributed by atoms with Crippen molar-refractivity contribution in [1.29, 1.82) is 0 Å². The summed E-state index contributed by atoms with van der Waals surface area (Å²) in [4.78, 5) is 8.71. The molecule has 0 fully saturated rings. The summed E-state index contributed by atoms with van der Waals surface area (Å²) in [6.07, 6.45) is 1.82. The first kappa shape index (κ1) is 10.3. The van der Waals surface area contributed by atoms with E-state index < -0.39 is 0 Å². The maximum absolute atomic E-state index is 5.09. The first-order chi connectivity index (χ1) is 8.28. The van der Waals surface area contributed by atoms with Gasteiger partial charge in [-0.15, -0.1) is 11.3 Å². The molecule has 0 amide bonds. The fourth-order valence-electron chi connectivity index (χ4n) is 1.75. The Morgan fingerprint density at radius 2 is 2.24 bits per heavy atom. The molecule has 0 N–H and O–H groups in total. The van der Waals surface area contributed by atoms with Gasteiger partial charge in [0.15, 0.2) is 0 Å². The smallest absolute Gasteiger partial charge is 0.224 e. The SMILES string of the molecule is COc1csc(-c2ccc3c(c2)ncn3C)n1. The highest BCUT2D eigenvalue weighted by molar-refractivity contribution is 7.13. The predicted octanol–water partition coefficient (Wildman–Crippen LogP) is 2.71. The van der Waals surface area contributed by atoms with Crippen molar-refractivity contribution in [1.82, 2.24) is 14.5 Å². The van der Waals surface area contributed by atoms with E-state index in [4.69, 9.17) is 4.74 Å². The highest BCUT2D eigenvalue weighted by atomic mass is 32.1. The summed E-state index contributed by atoms with van der Waals surface area (Å²) in [6, 6.07) is 6.17. The minimum absolute atomic E-state index is 0.658. The molecule has 5 heteroatoms. The van der Waals surface area contributed by atoms with Crippen LogP contribution in [-0.4, -0.2) is 21.6 Å². The van der Waals surface area contributed by atoms with E-state index in [0.29, 0.717) is 5.88 Å². The van der Waals surface area contributed by atoms with Crippen molar-refractivity contribution in [2.24, 2.45) is 7.05 Å². The van der Waals surface area contributed by atoms with Crippen LogP contribution >= 0.6 is 11.3 Å². The minimum atomic E-state index is 0.658. The number of hydrogen-bond acceptors (Lipinski definition) is 4. The largest absolute Gasteiger partial charge is 0.480 e. The number of hydrogen-bond donors (Lipinski definition) is 0. The Morgan fingerprint density at radius 3 is 3.00 bits per heavy atom. The number of nitrogens with zero attached hydrogens (tertiary/aromatic N) is 3. The van der Waals surface area contributed by atoms with Gasteiger partial charge in [-0.25, -0.2) is 9.97 Å². The Bertz CT molecular complexity index is 671. The lowest BCUT2D eigenvalue weighted by atomic mass is 10.2. The molecular formula is C12H11N3OS.